The summed E-state index contributed by atoms with van der Waals surface area (Å²) >= 11 is 0. The molecule has 4 nitrogen and oxygen atoms in total. The van der Waals surface area contributed by atoms with Gasteiger partial charge in [0.2, 0.25) is 0 Å². The van der Waals surface area contributed by atoms with Crippen LogP contribution in [0.5, 0.6) is 0 Å². The average molecular weight is 102 g/mol. The summed E-state index contributed by atoms with van der Waals surface area (Å²) in [5.74, 6) is -1.07. The highest BCUT2D eigenvalue weighted by molar-refractivity contribution is 5.71. The van der Waals surface area contributed by atoms with E-state index < -0.39 is 5.97 Å². The third kappa shape index (κ3) is 4.94. The van der Waals surface area contributed by atoms with E-state index in [0.29, 0.717) is 0 Å². The Morgan fingerprint density at radius 1 is 1.86 bits per heavy atom. The van der Waals surface area contributed by atoms with Crippen molar-refractivity contribution in [1.29, 1.82) is 0 Å². The fourth-order valence-corrected chi connectivity index (χ4v) is 0.112. The predicted molar refractivity (Wildman–Crippen MR) is 21.3 cm³/mol. The van der Waals surface area contributed by atoms with E-state index in [0.717, 1.165) is 0 Å². The van der Waals surface area contributed by atoms with Gasteiger partial charge in [-0.2, -0.15) is 0 Å². The van der Waals surface area contributed by atoms with Gasteiger partial charge in [-0.3, -0.25) is 9.59 Å². The minimum absolute atomic E-state index is 0.358. The van der Waals surface area contributed by atoms with Gasteiger partial charge >= 0.3 is 12.4 Å². The van der Waals surface area contributed by atoms with Crippen molar-refractivity contribution in [2.75, 3.05) is 6.54 Å². The van der Waals surface area contributed by atoms with Crippen LogP contribution in [0.3, 0.4) is 0 Å². The Kier molecular flexibility index (Phi) is 2.67. The molecule has 7 heavy (non-hydrogen) atoms. The van der Waals surface area contributed by atoms with E-state index in [1.54, 1.807) is 0 Å². The molecule has 0 heterocycles. The van der Waals surface area contributed by atoms with Crippen LogP contribution in [0.15, 0.2) is 0 Å². The number of rotatable bonds is 3. The molecule has 0 saturated carbocycles. The van der Waals surface area contributed by atoms with E-state index in [1.165, 1.54) is 6.41 Å². The molecule has 0 aliphatic rings. The zero-order valence-corrected chi connectivity index (χ0v) is 3.47. The Balaban J connectivity index is 2.97. The van der Waals surface area contributed by atoms with Crippen molar-refractivity contribution >= 4 is 12.4 Å². The summed E-state index contributed by atoms with van der Waals surface area (Å²) in [5, 5.41) is 9.65. The highest BCUT2D eigenvalue weighted by atomic mass is 16.4. The van der Waals surface area contributed by atoms with Gasteiger partial charge in [0.25, 0.3) is 0 Å². The van der Waals surface area contributed by atoms with E-state index >= 15 is 0 Å². The minimum Gasteiger partial charge on any atom is -0.480 e. The molecule has 4 heteroatoms. The standard InChI is InChI=1S/C3H4NO3/c5-2-4-1-3(6)7/h1H2,(H,4,5)(H,6,7). The van der Waals surface area contributed by atoms with E-state index in [2.05, 4.69) is 0 Å². The Morgan fingerprint density at radius 2 is 2.43 bits per heavy atom. The molecule has 0 spiro atoms. The van der Waals surface area contributed by atoms with E-state index in [-0.39, 0.29) is 6.54 Å². The summed E-state index contributed by atoms with van der Waals surface area (Å²) in [6.45, 7) is -0.358. The first-order valence-corrected chi connectivity index (χ1v) is 1.59. The largest absolute Gasteiger partial charge is 0.480 e. The van der Waals surface area contributed by atoms with Crippen molar-refractivity contribution in [2.24, 2.45) is 0 Å². The van der Waals surface area contributed by atoms with Gasteiger partial charge in [-0.25, -0.2) is 0 Å². The van der Waals surface area contributed by atoms with Gasteiger partial charge in [0, 0.05) is 0 Å². The zero-order valence-electron chi connectivity index (χ0n) is 3.47. The first-order valence-electron chi connectivity index (χ1n) is 1.59. The number of carboxylic acids is 1. The number of carbonyl (C=O) groups is 1. The molecule has 0 aromatic rings. The molecule has 0 aromatic carbocycles. The molecule has 1 radical (unpaired) electrons. The molecule has 0 aliphatic carbocycles. The van der Waals surface area contributed by atoms with Crippen LogP contribution in [0.1, 0.15) is 0 Å². The lowest BCUT2D eigenvalue weighted by atomic mass is 10.7. The SMILES string of the molecule is O=[C]NCC(=O)O. The van der Waals surface area contributed by atoms with Gasteiger partial charge in [0.1, 0.15) is 6.54 Å². The zero-order chi connectivity index (χ0) is 5.70. The number of carbonyl (C=O) groups excluding carboxylic acids is 1. The van der Waals surface area contributed by atoms with Crippen LogP contribution in [0, 0.1) is 0 Å². The number of hydrogen-bond donors (Lipinski definition) is 2. The van der Waals surface area contributed by atoms with Crippen LogP contribution in [0.25, 0.3) is 0 Å². The fourth-order valence-electron chi connectivity index (χ4n) is 0.112. The fraction of sp³-hybridized carbons (Fsp3) is 0.333. The summed E-state index contributed by atoms with van der Waals surface area (Å²) < 4.78 is 0. The maximum absolute atomic E-state index is 9.52. The molecular formula is C3H4NO3. The maximum atomic E-state index is 9.52. The molecule has 0 aliphatic heterocycles. The summed E-state index contributed by atoms with van der Waals surface area (Å²) in [6.07, 6.45) is 1.22. The first-order chi connectivity index (χ1) is 3.27. The molecular weight excluding hydrogens is 98.0 g/mol. The van der Waals surface area contributed by atoms with Gasteiger partial charge in [0.15, 0.2) is 0 Å². The molecule has 0 aromatic heterocycles. The second kappa shape index (κ2) is 3.14. The van der Waals surface area contributed by atoms with Gasteiger partial charge in [0.05, 0.1) is 0 Å². The van der Waals surface area contributed by atoms with Crippen LogP contribution in [0.4, 0.5) is 0 Å². The van der Waals surface area contributed by atoms with Crippen LogP contribution in [-0.2, 0) is 9.59 Å². The maximum Gasteiger partial charge on any atom is 0.322 e. The van der Waals surface area contributed by atoms with Crippen molar-refractivity contribution in [3.05, 3.63) is 0 Å². The van der Waals surface area contributed by atoms with Crippen molar-refractivity contribution in [1.82, 2.24) is 5.32 Å². The number of hydrogen-bond acceptors (Lipinski definition) is 2. The molecule has 2 N–H and O–H groups in total. The predicted octanol–water partition coefficient (Wildman–Crippen LogP) is -1.27. The molecule has 0 fully saturated rings. The molecule has 0 bridgehead atoms. The third-order valence-electron chi connectivity index (χ3n) is 0.312. The molecule has 0 saturated heterocycles. The number of aliphatic carboxylic acids is 1. The second-order valence-corrected chi connectivity index (χ2v) is 0.849. The van der Waals surface area contributed by atoms with Gasteiger partial charge < -0.3 is 10.4 Å². The highest BCUT2D eigenvalue weighted by Gasteiger charge is 1.89. The minimum atomic E-state index is -1.07. The average Bonchev–Trinajstić information content (AvgIpc) is 1.61. The summed E-state index contributed by atoms with van der Waals surface area (Å²) in [6, 6.07) is 0. The van der Waals surface area contributed by atoms with Crippen molar-refractivity contribution in [3.63, 3.8) is 0 Å². The monoisotopic (exact) mass is 102 g/mol. The Labute approximate surface area is 40.1 Å². The molecule has 0 rings (SSSR count). The first kappa shape index (κ1) is 5.94. The number of carboxylic acid groups (broad SMARTS) is 1. The van der Waals surface area contributed by atoms with Gasteiger partial charge in [-0.05, 0) is 0 Å². The van der Waals surface area contributed by atoms with Crippen molar-refractivity contribution < 1.29 is 14.7 Å². The van der Waals surface area contributed by atoms with E-state index in [9.17, 15) is 9.59 Å². The normalized spacial score (nSPS) is 7.43. The summed E-state index contributed by atoms with van der Waals surface area (Å²) in [4.78, 5) is 18.7. The van der Waals surface area contributed by atoms with Crippen LogP contribution in [-0.4, -0.2) is 24.0 Å². The lowest BCUT2D eigenvalue weighted by Crippen LogP contribution is -2.20. The lowest BCUT2D eigenvalue weighted by molar-refractivity contribution is -0.135. The number of amides is 1. The Morgan fingerprint density at radius 3 is 2.57 bits per heavy atom. The van der Waals surface area contributed by atoms with Gasteiger partial charge in [-0.15, -0.1) is 0 Å². The highest BCUT2D eigenvalue weighted by Crippen LogP contribution is 1.51. The Bertz CT molecular complexity index is 80.2. The summed E-state index contributed by atoms with van der Waals surface area (Å²) in [5.41, 5.74) is 0. The topological polar surface area (TPSA) is 66.4 Å². The number of nitrogens with one attached hydrogen (secondary N) is 1. The van der Waals surface area contributed by atoms with Crippen LogP contribution < -0.4 is 5.32 Å². The quantitative estimate of drug-likeness (QED) is 0.436. The smallest absolute Gasteiger partial charge is 0.322 e. The third-order valence-corrected chi connectivity index (χ3v) is 0.312. The molecule has 0 unspecified atom stereocenters. The summed E-state index contributed by atoms with van der Waals surface area (Å²) in [7, 11) is 0. The van der Waals surface area contributed by atoms with Crippen molar-refractivity contribution in [3.8, 4) is 0 Å². The van der Waals surface area contributed by atoms with Gasteiger partial charge in [-0.1, -0.05) is 0 Å². The van der Waals surface area contributed by atoms with E-state index in [1.807, 2.05) is 5.32 Å². The molecule has 1 amide bonds. The molecule has 0 atom stereocenters. The second-order valence-electron chi connectivity index (χ2n) is 0.849. The Hall–Kier alpha value is -1.06. The van der Waals surface area contributed by atoms with E-state index in [4.69, 9.17) is 5.11 Å². The van der Waals surface area contributed by atoms with Crippen LogP contribution in [0.2, 0.25) is 0 Å². The van der Waals surface area contributed by atoms with Crippen molar-refractivity contribution in [2.45, 2.75) is 0 Å². The lowest BCUT2D eigenvalue weighted by Gasteiger charge is -1.84. The van der Waals surface area contributed by atoms with Crippen LogP contribution >= 0.6 is 0 Å². The molecule has 39 valence electrons.